The number of carbonyl (C=O) groups is 1. The Balaban J connectivity index is 1.85. The molecule has 1 aliphatic heterocycles. The molecule has 0 bridgehead atoms. The molecule has 8 atom stereocenters. The van der Waals surface area contributed by atoms with Crippen LogP contribution in [0.5, 0.6) is 0 Å². The van der Waals surface area contributed by atoms with Crippen LogP contribution >= 0.6 is 31.3 Å². The van der Waals surface area contributed by atoms with E-state index in [2.05, 4.69) is 32.6 Å². The second-order valence-electron chi connectivity index (χ2n) is 7.71. The highest BCUT2D eigenvalue weighted by atomic mass is 31.3. The van der Waals surface area contributed by atoms with Gasteiger partial charge in [0.2, 0.25) is 0 Å². The molecule has 3 heterocycles. The Morgan fingerprint density at radius 1 is 1.02 bits per heavy atom. The lowest BCUT2D eigenvalue weighted by atomic mass is 10.1. The van der Waals surface area contributed by atoms with Crippen LogP contribution in [0.15, 0.2) is 12.7 Å². The van der Waals surface area contributed by atoms with Crippen LogP contribution in [-0.2, 0) is 50.0 Å². The van der Waals surface area contributed by atoms with Crippen molar-refractivity contribution in [3.63, 3.8) is 0 Å². The van der Waals surface area contributed by atoms with Gasteiger partial charge in [0.15, 0.2) is 23.8 Å². The molecule has 4 unspecified atom stereocenters. The van der Waals surface area contributed by atoms with Gasteiger partial charge in [-0.3, -0.25) is 18.1 Å². The average Bonchev–Trinajstić information content (AvgIpc) is 3.36. The summed E-state index contributed by atoms with van der Waals surface area (Å²) in [6, 6.07) is 0. The van der Waals surface area contributed by atoms with E-state index < -0.39 is 81.1 Å². The van der Waals surface area contributed by atoms with E-state index in [0.29, 0.717) is 0 Å². The lowest BCUT2D eigenvalue weighted by molar-refractivity contribution is -0.148. The number of aliphatic hydroxyl groups is 2. The van der Waals surface area contributed by atoms with E-state index in [4.69, 9.17) is 29.9 Å². The number of nitrogen functional groups attached to an aromatic ring is 1. The van der Waals surface area contributed by atoms with Gasteiger partial charge in [-0.1, -0.05) is 0 Å². The monoisotopic (exact) mass is 675 g/mol. The van der Waals surface area contributed by atoms with E-state index in [1.165, 1.54) is 0 Å². The third kappa shape index (κ3) is 9.10. The number of imidazole rings is 1. The molecule has 1 fully saturated rings. The average molecular weight is 675 g/mol. The number of nitrogens with zero attached hydrogens (tertiary/aromatic N) is 4. The van der Waals surface area contributed by atoms with Crippen molar-refractivity contribution >= 4 is 54.2 Å². The molecule has 1 aliphatic rings. The molecule has 2 aromatic heterocycles. The van der Waals surface area contributed by atoms with E-state index in [9.17, 15) is 47.9 Å². The highest BCUT2D eigenvalue weighted by Crippen LogP contribution is 2.66. The minimum absolute atomic E-state index is 0.0244. The summed E-state index contributed by atoms with van der Waals surface area (Å²) in [7, 11) is -22.7. The molecule has 3 rings (SSSR count). The number of anilines is 1. The number of aliphatic hydroxyl groups excluding tert-OH is 2. The number of nitrogens with two attached hydrogens (primary N) is 1. The van der Waals surface area contributed by atoms with E-state index in [1.807, 2.05) is 0 Å². The van der Waals surface area contributed by atoms with Gasteiger partial charge in [0, 0.05) is 0 Å². The minimum Gasteiger partial charge on any atom is -0.479 e. The number of aliphatic carboxylic acids is 1. The van der Waals surface area contributed by atoms with Gasteiger partial charge in [-0.15, -0.1) is 0 Å². The van der Waals surface area contributed by atoms with Crippen molar-refractivity contribution in [2.24, 2.45) is 0 Å². The zero-order chi connectivity index (χ0) is 31.0. The lowest BCUT2D eigenvalue weighted by Crippen LogP contribution is -2.36. The summed E-state index contributed by atoms with van der Waals surface area (Å²) in [5.74, 6) is -1.92. The largest absolute Gasteiger partial charge is 0.490 e. The van der Waals surface area contributed by atoms with Crippen LogP contribution in [0.4, 0.5) is 5.82 Å². The fraction of sp³-hybridized carbons (Fsp3) is 0.538. The van der Waals surface area contributed by atoms with Gasteiger partial charge >= 0.3 is 37.3 Å². The van der Waals surface area contributed by atoms with Crippen molar-refractivity contribution in [1.29, 1.82) is 0 Å². The van der Waals surface area contributed by atoms with Gasteiger partial charge in [0.1, 0.15) is 30.2 Å². The maximum Gasteiger partial charge on any atom is 0.490 e. The standard InChI is InChI=1S/C13H21N5O19P4/c14-10-7-11(16-3-15-10)18(4-17-7)12-8(20)9(35-39(26,27)32-1-5(19)13(21)22)6(34-12)2-33-40(28,29)37-41(30,31)36-38(23,24)25/h3-6,8-9,12,19-20H,1-2H2,(H,21,22)(H,26,27)(H,28,29)(H,30,31)(H2,14,15,16)(H2,23,24,25)/t5?,6-,8-,9-,12-/m1/s1. The van der Waals surface area contributed by atoms with Gasteiger partial charge in [0.25, 0.3) is 0 Å². The zero-order valence-corrected chi connectivity index (χ0v) is 23.3. The smallest absolute Gasteiger partial charge is 0.479 e. The first-order valence-electron chi connectivity index (χ1n) is 10.3. The van der Waals surface area contributed by atoms with Crippen LogP contribution in [0.25, 0.3) is 11.2 Å². The SMILES string of the molecule is Nc1ncnc2c1ncn2[C@@H]1O[C@H](COP(=O)(O)OP(=O)(O)OP(=O)(O)O)[C@@H](OP(=O)(O)OCC(O)C(=O)O)[C@H]1O. The molecule has 0 spiro atoms. The van der Waals surface area contributed by atoms with Gasteiger partial charge in [0.05, 0.1) is 19.5 Å². The fourth-order valence-corrected chi connectivity index (χ4v) is 7.15. The number of rotatable bonds is 14. The third-order valence-electron chi connectivity index (χ3n) is 4.72. The summed E-state index contributed by atoms with van der Waals surface area (Å²) in [5.41, 5.74) is 5.69. The summed E-state index contributed by atoms with van der Waals surface area (Å²) >= 11 is 0. The second kappa shape index (κ2) is 12.4. The number of ether oxygens (including phenoxy) is 1. The van der Waals surface area contributed by atoms with Crippen molar-refractivity contribution in [2.45, 2.75) is 30.6 Å². The third-order valence-corrected chi connectivity index (χ3v) is 9.51. The number of carboxylic acid groups (broad SMARTS) is 1. The van der Waals surface area contributed by atoms with E-state index in [-0.39, 0.29) is 17.0 Å². The van der Waals surface area contributed by atoms with Crippen LogP contribution in [0.3, 0.4) is 0 Å². The number of aromatic nitrogens is 4. The van der Waals surface area contributed by atoms with Gasteiger partial charge in [-0.2, -0.15) is 8.62 Å². The van der Waals surface area contributed by atoms with Crippen molar-refractivity contribution in [3.8, 4) is 0 Å². The van der Waals surface area contributed by atoms with E-state index in [0.717, 1.165) is 17.2 Å². The molecular weight excluding hydrogens is 654 g/mol. The first-order valence-corrected chi connectivity index (χ1v) is 16.3. The topological polar surface area (TPSA) is 372 Å². The Labute approximate surface area is 226 Å². The highest BCUT2D eigenvalue weighted by molar-refractivity contribution is 7.66. The zero-order valence-electron chi connectivity index (χ0n) is 19.7. The van der Waals surface area contributed by atoms with Gasteiger partial charge in [-0.25, -0.2) is 38.0 Å². The Bertz CT molecular complexity index is 1460. The molecule has 0 radical (unpaired) electrons. The molecule has 24 nitrogen and oxygen atoms in total. The molecule has 232 valence electrons. The molecule has 10 N–H and O–H groups in total. The van der Waals surface area contributed by atoms with Crippen LogP contribution in [0, 0.1) is 0 Å². The summed E-state index contributed by atoms with van der Waals surface area (Å²) in [4.78, 5) is 68.6. The fourth-order valence-electron chi connectivity index (χ4n) is 3.16. The maximum atomic E-state index is 12.4. The van der Waals surface area contributed by atoms with E-state index in [1.54, 1.807) is 0 Å². The lowest BCUT2D eigenvalue weighted by Gasteiger charge is -2.24. The Morgan fingerprint density at radius 3 is 2.29 bits per heavy atom. The van der Waals surface area contributed by atoms with Crippen LogP contribution < -0.4 is 5.73 Å². The maximum absolute atomic E-state index is 12.4. The number of fused-ring (bicyclic) bond motifs is 1. The molecule has 41 heavy (non-hydrogen) atoms. The Kier molecular flexibility index (Phi) is 10.2. The Morgan fingerprint density at radius 2 is 1.68 bits per heavy atom. The summed E-state index contributed by atoms with van der Waals surface area (Å²) in [5, 5.41) is 28.8. The van der Waals surface area contributed by atoms with Crippen molar-refractivity contribution in [1.82, 2.24) is 19.5 Å². The normalized spacial score (nSPS) is 26.7. The van der Waals surface area contributed by atoms with Crippen molar-refractivity contribution in [3.05, 3.63) is 12.7 Å². The van der Waals surface area contributed by atoms with Gasteiger partial charge in [-0.05, 0) is 0 Å². The van der Waals surface area contributed by atoms with Crippen molar-refractivity contribution in [2.75, 3.05) is 18.9 Å². The molecule has 0 saturated carbocycles. The number of phosphoric acid groups is 4. The predicted octanol–water partition coefficient (Wildman–Crippen LogP) is -2.04. The number of hydrogen-bond acceptors (Lipinski definition) is 17. The van der Waals surface area contributed by atoms with Gasteiger partial charge < -0.3 is 50.3 Å². The van der Waals surface area contributed by atoms with Crippen LogP contribution in [-0.4, -0.2) is 103 Å². The Hall–Kier alpha value is -1.78. The summed E-state index contributed by atoms with van der Waals surface area (Å²) < 4.78 is 74.3. The first-order chi connectivity index (χ1) is 18.7. The predicted molar refractivity (Wildman–Crippen MR) is 124 cm³/mol. The van der Waals surface area contributed by atoms with Crippen LogP contribution in [0.1, 0.15) is 6.23 Å². The number of phosphoric ester groups is 2. The number of hydrogen-bond donors (Lipinski definition) is 9. The highest BCUT2D eigenvalue weighted by Gasteiger charge is 2.51. The van der Waals surface area contributed by atoms with Crippen molar-refractivity contribution < 1.29 is 89.8 Å². The molecule has 28 heteroatoms. The van der Waals surface area contributed by atoms with E-state index >= 15 is 0 Å². The molecule has 0 amide bonds. The molecule has 0 aromatic carbocycles. The minimum atomic E-state index is -5.91. The summed E-state index contributed by atoms with van der Waals surface area (Å²) in [6.45, 7) is -2.52. The second-order valence-corrected chi connectivity index (χ2v) is 13.5. The summed E-state index contributed by atoms with van der Waals surface area (Å²) in [6.07, 6.45) is -7.72. The number of carboxylic acids is 1. The molecule has 0 aliphatic carbocycles. The molecule has 2 aromatic rings. The molecule has 1 saturated heterocycles. The quantitative estimate of drug-likeness (QED) is 0.0973. The van der Waals surface area contributed by atoms with Crippen LogP contribution in [0.2, 0.25) is 0 Å². The molecular formula is C13H21N5O19P4. The first kappa shape index (κ1) is 33.7.